The lowest BCUT2D eigenvalue weighted by Crippen LogP contribution is -1.95. The van der Waals surface area contributed by atoms with E-state index in [-0.39, 0.29) is 0 Å². The maximum Gasteiger partial charge on any atom is 0.119 e. The van der Waals surface area contributed by atoms with Crippen molar-refractivity contribution in [3.05, 3.63) is 29.8 Å². The van der Waals surface area contributed by atoms with E-state index in [1.54, 1.807) is 0 Å². The van der Waals surface area contributed by atoms with Crippen LogP contribution in [0.2, 0.25) is 0 Å². The summed E-state index contributed by atoms with van der Waals surface area (Å²) in [6, 6.07) is 8.41. The highest BCUT2D eigenvalue weighted by Gasteiger charge is 2.23. The van der Waals surface area contributed by atoms with Crippen LogP contribution in [-0.2, 0) is 6.42 Å². The fourth-order valence-corrected chi connectivity index (χ4v) is 1.18. The van der Waals surface area contributed by atoms with Gasteiger partial charge in [0.05, 0.1) is 6.10 Å². The Bertz CT molecular complexity index is 246. The first-order valence-corrected chi connectivity index (χ1v) is 5.64. The van der Waals surface area contributed by atoms with Crippen LogP contribution in [0.25, 0.3) is 0 Å². The van der Waals surface area contributed by atoms with E-state index in [1.165, 1.54) is 18.4 Å². The molecular formula is C13H20O. The van der Waals surface area contributed by atoms with Crippen molar-refractivity contribution in [2.24, 2.45) is 0 Å². The van der Waals surface area contributed by atoms with Gasteiger partial charge < -0.3 is 4.74 Å². The molecule has 0 atom stereocenters. The lowest BCUT2D eigenvalue weighted by molar-refractivity contribution is 0.303. The monoisotopic (exact) mass is 192 g/mol. The number of ether oxygens (including phenoxy) is 1. The van der Waals surface area contributed by atoms with Crippen LogP contribution in [0.5, 0.6) is 5.75 Å². The van der Waals surface area contributed by atoms with E-state index >= 15 is 0 Å². The minimum Gasteiger partial charge on any atom is -0.490 e. The van der Waals surface area contributed by atoms with Crippen molar-refractivity contribution >= 4 is 0 Å². The van der Waals surface area contributed by atoms with Gasteiger partial charge in [0.25, 0.3) is 0 Å². The second kappa shape index (κ2) is 5.69. The van der Waals surface area contributed by atoms with Crippen LogP contribution in [0.1, 0.15) is 39.2 Å². The van der Waals surface area contributed by atoms with Gasteiger partial charge in [-0.3, -0.25) is 0 Å². The van der Waals surface area contributed by atoms with Crippen molar-refractivity contribution in [2.45, 2.75) is 46.1 Å². The molecule has 0 saturated heterocycles. The van der Waals surface area contributed by atoms with Gasteiger partial charge >= 0.3 is 0 Å². The van der Waals surface area contributed by atoms with Gasteiger partial charge in [0.15, 0.2) is 0 Å². The number of aryl methyl sites for hydroxylation is 1. The Balaban J connectivity index is 0.000000461. The number of rotatable bonds is 3. The first-order valence-electron chi connectivity index (χ1n) is 5.64. The molecule has 0 bridgehead atoms. The summed E-state index contributed by atoms with van der Waals surface area (Å²) in [6.45, 7) is 6.16. The van der Waals surface area contributed by atoms with Crippen molar-refractivity contribution in [1.82, 2.24) is 0 Å². The normalized spacial score (nSPS) is 14.2. The molecule has 1 aromatic carbocycles. The van der Waals surface area contributed by atoms with Gasteiger partial charge in [0.1, 0.15) is 5.75 Å². The van der Waals surface area contributed by atoms with E-state index in [4.69, 9.17) is 4.74 Å². The van der Waals surface area contributed by atoms with Crippen LogP contribution in [0.15, 0.2) is 24.3 Å². The third kappa shape index (κ3) is 3.41. The molecule has 0 spiro atoms. The SMILES string of the molecule is CC.CCc1ccc(OC2CC2)cc1. The van der Waals surface area contributed by atoms with Gasteiger partial charge in [-0.25, -0.2) is 0 Å². The Hall–Kier alpha value is -0.980. The summed E-state index contributed by atoms with van der Waals surface area (Å²) in [4.78, 5) is 0. The van der Waals surface area contributed by atoms with E-state index in [0.29, 0.717) is 6.10 Å². The van der Waals surface area contributed by atoms with Gasteiger partial charge in [-0.05, 0) is 37.0 Å². The summed E-state index contributed by atoms with van der Waals surface area (Å²) in [5.74, 6) is 1.02. The van der Waals surface area contributed by atoms with Gasteiger partial charge in [-0.2, -0.15) is 0 Å². The molecule has 2 rings (SSSR count). The van der Waals surface area contributed by atoms with Gasteiger partial charge in [-0.1, -0.05) is 32.9 Å². The van der Waals surface area contributed by atoms with Crippen LogP contribution in [0.3, 0.4) is 0 Å². The zero-order chi connectivity index (χ0) is 10.4. The van der Waals surface area contributed by atoms with Gasteiger partial charge in [-0.15, -0.1) is 0 Å². The average molecular weight is 192 g/mol. The molecule has 1 nitrogen and oxygen atoms in total. The predicted molar refractivity (Wildman–Crippen MR) is 60.8 cm³/mol. The lowest BCUT2D eigenvalue weighted by atomic mass is 10.2. The molecule has 1 heteroatoms. The van der Waals surface area contributed by atoms with Crippen LogP contribution in [0, 0.1) is 0 Å². The second-order valence-electron chi connectivity index (χ2n) is 3.31. The lowest BCUT2D eigenvalue weighted by Gasteiger charge is -2.04. The highest BCUT2D eigenvalue weighted by atomic mass is 16.5. The smallest absolute Gasteiger partial charge is 0.119 e. The summed E-state index contributed by atoms with van der Waals surface area (Å²) in [5, 5.41) is 0. The van der Waals surface area contributed by atoms with Crippen LogP contribution in [0.4, 0.5) is 0 Å². The molecule has 1 aromatic rings. The van der Waals surface area contributed by atoms with Crippen LogP contribution in [-0.4, -0.2) is 6.10 Å². The van der Waals surface area contributed by atoms with Gasteiger partial charge in [0.2, 0.25) is 0 Å². The second-order valence-corrected chi connectivity index (χ2v) is 3.31. The molecule has 1 saturated carbocycles. The van der Waals surface area contributed by atoms with Gasteiger partial charge in [0, 0.05) is 0 Å². The van der Waals surface area contributed by atoms with Crippen LogP contribution >= 0.6 is 0 Å². The zero-order valence-corrected chi connectivity index (χ0v) is 9.42. The maximum absolute atomic E-state index is 5.62. The molecule has 1 fully saturated rings. The summed E-state index contributed by atoms with van der Waals surface area (Å²) < 4.78 is 5.62. The Kier molecular flexibility index (Phi) is 4.51. The summed E-state index contributed by atoms with van der Waals surface area (Å²) in [6.07, 6.45) is 4.08. The van der Waals surface area contributed by atoms with E-state index in [1.807, 2.05) is 13.8 Å². The van der Waals surface area contributed by atoms with E-state index < -0.39 is 0 Å². The quantitative estimate of drug-likeness (QED) is 0.707. The van der Waals surface area contributed by atoms with E-state index in [0.717, 1.165) is 12.2 Å². The molecule has 1 aliphatic rings. The number of hydrogen-bond donors (Lipinski definition) is 0. The van der Waals surface area contributed by atoms with E-state index in [2.05, 4.69) is 31.2 Å². The van der Waals surface area contributed by atoms with Crippen molar-refractivity contribution < 1.29 is 4.74 Å². The molecule has 0 heterocycles. The minimum absolute atomic E-state index is 0.512. The molecule has 0 N–H and O–H groups in total. The molecule has 78 valence electrons. The molecule has 0 unspecified atom stereocenters. The fraction of sp³-hybridized carbons (Fsp3) is 0.538. The molecule has 0 aromatic heterocycles. The predicted octanol–water partition coefficient (Wildman–Crippen LogP) is 3.82. The first kappa shape index (κ1) is 11.1. The van der Waals surface area contributed by atoms with Crippen molar-refractivity contribution in [3.8, 4) is 5.75 Å². The zero-order valence-electron chi connectivity index (χ0n) is 9.42. The summed E-state index contributed by atoms with van der Waals surface area (Å²) >= 11 is 0. The highest BCUT2D eigenvalue weighted by Crippen LogP contribution is 2.26. The molecule has 0 amide bonds. The average Bonchev–Trinajstić information content (AvgIpc) is 3.06. The Labute approximate surface area is 87.1 Å². The number of hydrogen-bond acceptors (Lipinski definition) is 1. The molecule has 14 heavy (non-hydrogen) atoms. The largest absolute Gasteiger partial charge is 0.490 e. The Morgan fingerprint density at radius 3 is 2.14 bits per heavy atom. The topological polar surface area (TPSA) is 9.23 Å². The Morgan fingerprint density at radius 1 is 1.14 bits per heavy atom. The third-order valence-electron chi connectivity index (χ3n) is 2.16. The summed E-state index contributed by atoms with van der Waals surface area (Å²) in [7, 11) is 0. The Morgan fingerprint density at radius 2 is 1.71 bits per heavy atom. The van der Waals surface area contributed by atoms with Crippen molar-refractivity contribution in [3.63, 3.8) is 0 Å². The molecule has 0 aliphatic heterocycles. The molecule has 0 radical (unpaired) electrons. The fourth-order valence-electron chi connectivity index (χ4n) is 1.18. The van der Waals surface area contributed by atoms with Crippen molar-refractivity contribution in [1.29, 1.82) is 0 Å². The highest BCUT2D eigenvalue weighted by molar-refractivity contribution is 5.27. The van der Waals surface area contributed by atoms with Crippen LogP contribution < -0.4 is 4.74 Å². The third-order valence-corrected chi connectivity index (χ3v) is 2.16. The van der Waals surface area contributed by atoms with Crippen molar-refractivity contribution in [2.75, 3.05) is 0 Å². The molecular weight excluding hydrogens is 172 g/mol. The summed E-state index contributed by atoms with van der Waals surface area (Å²) in [5.41, 5.74) is 1.37. The minimum atomic E-state index is 0.512. The molecule has 1 aliphatic carbocycles. The first-order chi connectivity index (χ1) is 6.88. The number of benzene rings is 1. The standard InChI is InChI=1S/C11H14O.C2H6/c1-2-9-3-5-10(6-4-9)12-11-7-8-11;1-2/h3-6,11H,2,7-8H2,1H3;1-2H3. The van der Waals surface area contributed by atoms with E-state index in [9.17, 15) is 0 Å². The maximum atomic E-state index is 5.62.